The number of nitriles is 1. The van der Waals surface area contributed by atoms with Gasteiger partial charge in [-0.1, -0.05) is 6.92 Å². The molecule has 0 saturated carbocycles. The van der Waals surface area contributed by atoms with Crippen LogP contribution in [0.3, 0.4) is 0 Å². The number of ether oxygens (including phenoxy) is 1. The molecule has 1 aromatic heterocycles. The minimum absolute atomic E-state index is 0.00660. The molecule has 2 aromatic rings. The molecule has 30 heavy (non-hydrogen) atoms. The molecule has 162 valence electrons. The zero-order valence-electron chi connectivity index (χ0n) is 18.1. The molecule has 1 saturated heterocycles. The maximum Gasteiger partial charge on any atom is 0.195 e. The molecule has 0 spiro atoms. The molecule has 7 nitrogen and oxygen atoms in total. The van der Waals surface area contributed by atoms with Gasteiger partial charge in [0.05, 0.1) is 29.1 Å². The number of rotatable bonds is 8. The van der Waals surface area contributed by atoms with Crippen molar-refractivity contribution in [3.63, 3.8) is 0 Å². The van der Waals surface area contributed by atoms with E-state index in [0.29, 0.717) is 21.8 Å². The first kappa shape index (κ1) is 22.3. The smallest absolute Gasteiger partial charge is 0.195 e. The number of benzene rings is 1. The number of hydrogen-bond donors (Lipinski definition) is 1. The molecule has 1 aliphatic rings. The van der Waals surface area contributed by atoms with Crippen LogP contribution in [-0.2, 0) is 9.84 Å². The van der Waals surface area contributed by atoms with Crippen LogP contribution in [0.15, 0.2) is 29.2 Å². The van der Waals surface area contributed by atoms with Gasteiger partial charge in [0.15, 0.2) is 9.84 Å². The SMILES string of the molecule is CC[C@@H](C[C@@H]1CC[C@H](C)N1CS(=O)(=O)c1c(C)n[nH]c1C)Oc1ccc(C#N)cc1. The molecule has 1 N–H and O–H groups in total. The lowest BCUT2D eigenvalue weighted by Gasteiger charge is -2.30. The van der Waals surface area contributed by atoms with Gasteiger partial charge < -0.3 is 4.74 Å². The van der Waals surface area contributed by atoms with E-state index in [4.69, 9.17) is 10.00 Å². The Labute approximate surface area is 179 Å². The first-order valence-corrected chi connectivity index (χ1v) is 12.1. The van der Waals surface area contributed by atoms with E-state index >= 15 is 0 Å². The summed E-state index contributed by atoms with van der Waals surface area (Å²) in [4.78, 5) is 2.42. The molecule has 0 radical (unpaired) electrons. The molecule has 3 atom stereocenters. The summed E-state index contributed by atoms with van der Waals surface area (Å²) in [5.41, 5.74) is 1.71. The number of nitrogens with one attached hydrogen (secondary N) is 1. The van der Waals surface area contributed by atoms with Crippen molar-refractivity contribution >= 4 is 9.84 Å². The predicted molar refractivity (Wildman–Crippen MR) is 115 cm³/mol. The number of nitrogens with zero attached hydrogens (tertiary/aromatic N) is 3. The highest BCUT2D eigenvalue weighted by atomic mass is 32.2. The lowest BCUT2D eigenvalue weighted by Crippen LogP contribution is -2.41. The number of aromatic nitrogens is 2. The third-order valence-corrected chi connectivity index (χ3v) is 7.78. The Morgan fingerprint density at radius 1 is 1.30 bits per heavy atom. The number of hydrogen-bond acceptors (Lipinski definition) is 6. The third-order valence-electron chi connectivity index (χ3n) is 5.92. The molecular formula is C22H30N4O3S. The zero-order chi connectivity index (χ0) is 21.9. The van der Waals surface area contributed by atoms with Crippen molar-refractivity contribution in [2.45, 2.75) is 76.5 Å². The van der Waals surface area contributed by atoms with Crippen LogP contribution in [-0.4, -0.2) is 47.6 Å². The van der Waals surface area contributed by atoms with Crippen LogP contribution in [0, 0.1) is 25.2 Å². The third kappa shape index (κ3) is 4.85. The molecule has 1 aliphatic heterocycles. The van der Waals surface area contributed by atoms with Crippen molar-refractivity contribution < 1.29 is 13.2 Å². The average molecular weight is 431 g/mol. The van der Waals surface area contributed by atoms with Gasteiger partial charge in [-0.25, -0.2) is 8.42 Å². The van der Waals surface area contributed by atoms with Crippen LogP contribution in [0.4, 0.5) is 0 Å². The van der Waals surface area contributed by atoms with Gasteiger partial charge >= 0.3 is 0 Å². The summed E-state index contributed by atoms with van der Waals surface area (Å²) in [6.07, 6.45) is 3.49. The quantitative estimate of drug-likeness (QED) is 0.685. The van der Waals surface area contributed by atoms with Crippen LogP contribution in [0.1, 0.15) is 56.5 Å². The van der Waals surface area contributed by atoms with E-state index in [-0.39, 0.29) is 24.1 Å². The van der Waals surface area contributed by atoms with E-state index in [1.807, 2.05) is 12.1 Å². The summed E-state index contributed by atoms with van der Waals surface area (Å²) in [5.74, 6) is 0.726. The second kappa shape index (κ2) is 9.19. The molecule has 1 fully saturated rings. The summed E-state index contributed by atoms with van der Waals surface area (Å²) < 4.78 is 32.4. The molecule has 0 bridgehead atoms. The van der Waals surface area contributed by atoms with Crippen LogP contribution >= 0.6 is 0 Å². The van der Waals surface area contributed by atoms with Crippen molar-refractivity contribution in [2.24, 2.45) is 0 Å². The molecule has 0 unspecified atom stereocenters. The van der Waals surface area contributed by atoms with Gasteiger partial charge in [0.1, 0.15) is 16.5 Å². The lowest BCUT2D eigenvalue weighted by atomic mass is 10.1. The summed E-state index contributed by atoms with van der Waals surface area (Å²) in [6, 6.07) is 9.56. The number of H-pyrrole nitrogens is 1. The lowest BCUT2D eigenvalue weighted by molar-refractivity contribution is 0.132. The van der Waals surface area contributed by atoms with E-state index in [1.165, 1.54) is 0 Å². The maximum absolute atomic E-state index is 13.1. The van der Waals surface area contributed by atoms with Gasteiger partial charge in [-0.2, -0.15) is 10.4 Å². The van der Waals surface area contributed by atoms with Gasteiger partial charge in [-0.15, -0.1) is 0 Å². The fourth-order valence-electron chi connectivity index (χ4n) is 4.27. The number of sulfone groups is 1. The summed E-state index contributed by atoms with van der Waals surface area (Å²) in [7, 11) is -3.48. The Bertz CT molecular complexity index is 988. The van der Waals surface area contributed by atoms with E-state index in [0.717, 1.165) is 31.4 Å². The minimum atomic E-state index is -3.48. The second-order valence-corrected chi connectivity index (χ2v) is 10.0. The van der Waals surface area contributed by atoms with Crippen LogP contribution in [0.2, 0.25) is 0 Å². The Hall–Kier alpha value is -2.37. The minimum Gasteiger partial charge on any atom is -0.490 e. The Kier molecular flexibility index (Phi) is 6.84. The maximum atomic E-state index is 13.1. The van der Waals surface area contributed by atoms with E-state index in [9.17, 15) is 8.42 Å². The largest absolute Gasteiger partial charge is 0.490 e. The number of aryl methyl sites for hydroxylation is 2. The van der Waals surface area contributed by atoms with Gasteiger partial charge in [-0.3, -0.25) is 10.00 Å². The van der Waals surface area contributed by atoms with Gasteiger partial charge in [0, 0.05) is 12.1 Å². The van der Waals surface area contributed by atoms with Gasteiger partial charge in [-0.05, 0) is 70.7 Å². The molecule has 2 heterocycles. The topological polar surface area (TPSA) is 99.1 Å². The van der Waals surface area contributed by atoms with Crippen LogP contribution < -0.4 is 4.74 Å². The summed E-state index contributed by atoms with van der Waals surface area (Å²) >= 11 is 0. The van der Waals surface area contributed by atoms with Crippen molar-refractivity contribution in [1.82, 2.24) is 15.1 Å². The van der Waals surface area contributed by atoms with Crippen molar-refractivity contribution in [3.05, 3.63) is 41.2 Å². The standard InChI is InChI=1S/C22H30N4O3S/c1-5-20(29-21-10-7-18(13-23)8-11-21)12-19-9-6-15(2)26(19)14-30(27,28)22-16(3)24-25-17(22)4/h7-8,10-11,15,19-20H,5-6,9,12,14H2,1-4H3,(H,24,25)/t15-,19-,20-/m0/s1. The highest BCUT2D eigenvalue weighted by Crippen LogP contribution is 2.31. The number of aromatic amines is 1. The highest BCUT2D eigenvalue weighted by molar-refractivity contribution is 7.91. The number of likely N-dealkylation sites (tertiary alicyclic amines) is 1. The molecule has 1 aromatic carbocycles. The van der Waals surface area contributed by atoms with Crippen molar-refractivity contribution in [3.8, 4) is 11.8 Å². The van der Waals surface area contributed by atoms with Crippen molar-refractivity contribution in [1.29, 1.82) is 5.26 Å². The van der Waals surface area contributed by atoms with Gasteiger partial charge in [0.2, 0.25) is 0 Å². The van der Waals surface area contributed by atoms with Crippen LogP contribution in [0.25, 0.3) is 0 Å². The summed E-state index contributed by atoms with van der Waals surface area (Å²) in [6.45, 7) is 7.63. The Morgan fingerprint density at radius 2 is 2.00 bits per heavy atom. The average Bonchev–Trinajstić information content (AvgIpc) is 3.23. The van der Waals surface area contributed by atoms with E-state index in [1.54, 1.807) is 26.0 Å². The predicted octanol–water partition coefficient (Wildman–Crippen LogP) is 3.73. The normalized spacial score (nSPS) is 20.8. The van der Waals surface area contributed by atoms with Crippen molar-refractivity contribution in [2.75, 3.05) is 5.88 Å². The fourth-order valence-corrected chi connectivity index (χ4v) is 6.27. The summed E-state index contributed by atoms with van der Waals surface area (Å²) in [5, 5.41) is 15.8. The van der Waals surface area contributed by atoms with E-state index < -0.39 is 9.84 Å². The van der Waals surface area contributed by atoms with Crippen LogP contribution in [0.5, 0.6) is 5.75 Å². The van der Waals surface area contributed by atoms with Gasteiger partial charge in [0.25, 0.3) is 0 Å². The fraction of sp³-hybridized carbons (Fsp3) is 0.545. The highest BCUT2D eigenvalue weighted by Gasteiger charge is 2.36. The first-order valence-electron chi connectivity index (χ1n) is 10.4. The van der Waals surface area contributed by atoms with E-state index in [2.05, 4.69) is 35.0 Å². The molecule has 8 heteroatoms. The molecule has 3 rings (SSSR count). The molecular weight excluding hydrogens is 400 g/mol. The Balaban J connectivity index is 1.72. The molecule has 0 aliphatic carbocycles. The Morgan fingerprint density at radius 3 is 2.57 bits per heavy atom. The zero-order valence-corrected chi connectivity index (χ0v) is 18.9. The first-order chi connectivity index (χ1) is 14.2. The molecule has 0 amide bonds. The monoisotopic (exact) mass is 430 g/mol. The second-order valence-electron chi connectivity index (χ2n) is 8.12.